The number of rotatable bonds is 7. The Morgan fingerprint density at radius 1 is 1.26 bits per heavy atom. The molecule has 4 N–H and O–H groups in total. The third kappa shape index (κ3) is 4.80. The van der Waals surface area contributed by atoms with Gasteiger partial charge in [-0.25, -0.2) is 9.87 Å². The van der Waals surface area contributed by atoms with E-state index in [0.717, 1.165) is 24.0 Å². The predicted molar refractivity (Wildman–Crippen MR) is 100 cm³/mol. The largest absolute Gasteiger partial charge is 0.396 e. The zero-order chi connectivity index (χ0) is 19.2. The normalized spacial score (nSPS) is 17.1. The summed E-state index contributed by atoms with van der Waals surface area (Å²) in [6.45, 7) is 0.0469. The molecule has 0 aromatic heterocycles. The van der Waals surface area contributed by atoms with Crippen molar-refractivity contribution < 1.29 is 19.5 Å². The molecule has 2 aromatic rings. The number of aliphatic hydroxyl groups excluding tert-OH is 1. The number of carbonyl (C=O) groups is 1. The van der Waals surface area contributed by atoms with Crippen LogP contribution in [0.5, 0.6) is 0 Å². The van der Waals surface area contributed by atoms with Gasteiger partial charge in [0.2, 0.25) is 0 Å². The van der Waals surface area contributed by atoms with Gasteiger partial charge in [0.25, 0.3) is 5.91 Å². The fraction of sp³-hybridized carbons (Fsp3) is 0.286. The molecule has 1 aliphatic rings. The highest BCUT2D eigenvalue weighted by molar-refractivity contribution is 5.90. The van der Waals surface area contributed by atoms with E-state index in [4.69, 9.17) is 5.21 Å². The average molecular weight is 370 g/mol. The summed E-state index contributed by atoms with van der Waals surface area (Å²) in [5, 5.41) is 21.5. The Balaban J connectivity index is 1.75. The third-order valence-corrected chi connectivity index (χ3v) is 4.87. The molecule has 2 atom stereocenters. The van der Waals surface area contributed by atoms with Gasteiger partial charge in [0.15, 0.2) is 0 Å². The summed E-state index contributed by atoms with van der Waals surface area (Å²) >= 11 is 0. The molecule has 0 aliphatic heterocycles. The second-order valence-corrected chi connectivity index (χ2v) is 6.64. The van der Waals surface area contributed by atoms with Gasteiger partial charge in [-0.15, -0.1) is 0 Å². The first kappa shape index (κ1) is 19.2. The Kier molecular flexibility index (Phi) is 6.34. The number of aryl methyl sites for hydroxylation is 1. The van der Waals surface area contributed by atoms with Gasteiger partial charge in [0.1, 0.15) is 5.82 Å². The monoisotopic (exact) mass is 370 g/mol. The summed E-state index contributed by atoms with van der Waals surface area (Å²) in [5.74, 6) is -0.843. The van der Waals surface area contributed by atoms with Crippen LogP contribution in [0.2, 0.25) is 0 Å². The van der Waals surface area contributed by atoms with Crippen molar-refractivity contribution in [3.05, 3.63) is 76.6 Å². The number of nitrogens with one attached hydrogen (secondary N) is 2. The molecular formula is C21H23FN2O3. The van der Waals surface area contributed by atoms with Gasteiger partial charge < -0.3 is 10.4 Å². The van der Waals surface area contributed by atoms with Crippen LogP contribution in [0.4, 0.5) is 4.39 Å². The Bertz CT molecular complexity index is 821. The number of aliphatic hydroxyl groups is 1. The number of hydroxylamine groups is 1. The second kappa shape index (κ2) is 8.90. The molecule has 1 aliphatic carbocycles. The standard InChI is InChI=1S/C21H23FN2O3/c22-17-6-3-15(4-7-17)19(11-12-25)23-20-9-5-16-13-14(1-8-18(16)20)2-10-21(26)24-27/h1-4,6-8,10,13,19-20,23,25,27H,5,9,11-12H2,(H,24,26). The average Bonchev–Trinajstić information content (AvgIpc) is 3.08. The third-order valence-electron chi connectivity index (χ3n) is 4.87. The topological polar surface area (TPSA) is 81.6 Å². The fourth-order valence-corrected chi connectivity index (χ4v) is 3.54. The van der Waals surface area contributed by atoms with Crippen molar-refractivity contribution in [1.82, 2.24) is 10.8 Å². The van der Waals surface area contributed by atoms with E-state index >= 15 is 0 Å². The molecular weight excluding hydrogens is 347 g/mol. The molecule has 0 radical (unpaired) electrons. The molecule has 0 spiro atoms. The highest BCUT2D eigenvalue weighted by Gasteiger charge is 2.25. The lowest BCUT2D eigenvalue weighted by atomic mass is 10.00. The molecule has 0 saturated carbocycles. The van der Waals surface area contributed by atoms with E-state index in [1.54, 1.807) is 23.7 Å². The Morgan fingerprint density at radius 3 is 2.74 bits per heavy atom. The van der Waals surface area contributed by atoms with Gasteiger partial charge in [0, 0.05) is 24.8 Å². The Labute approximate surface area is 157 Å². The molecule has 3 rings (SSSR count). The number of hydrogen-bond donors (Lipinski definition) is 4. The van der Waals surface area contributed by atoms with E-state index in [-0.39, 0.29) is 24.5 Å². The Hall–Kier alpha value is -2.54. The van der Waals surface area contributed by atoms with E-state index in [2.05, 4.69) is 5.32 Å². The highest BCUT2D eigenvalue weighted by Crippen LogP contribution is 2.34. The van der Waals surface area contributed by atoms with Crippen LogP contribution in [0.3, 0.4) is 0 Å². The molecule has 0 heterocycles. The quantitative estimate of drug-likeness (QED) is 0.343. The summed E-state index contributed by atoms with van der Waals surface area (Å²) < 4.78 is 13.2. The smallest absolute Gasteiger partial charge is 0.267 e. The Morgan fingerprint density at radius 2 is 2.04 bits per heavy atom. The summed E-state index contributed by atoms with van der Waals surface area (Å²) in [4.78, 5) is 11.1. The molecule has 6 heteroatoms. The fourth-order valence-electron chi connectivity index (χ4n) is 3.54. The van der Waals surface area contributed by atoms with Crippen molar-refractivity contribution in [2.24, 2.45) is 0 Å². The van der Waals surface area contributed by atoms with Crippen LogP contribution in [0.1, 0.15) is 47.2 Å². The van der Waals surface area contributed by atoms with Crippen LogP contribution in [-0.2, 0) is 11.2 Å². The molecule has 0 bridgehead atoms. The lowest BCUT2D eigenvalue weighted by Gasteiger charge is -2.24. The van der Waals surface area contributed by atoms with Gasteiger partial charge in [-0.3, -0.25) is 10.0 Å². The van der Waals surface area contributed by atoms with Crippen molar-refractivity contribution in [2.45, 2.75) is 31.3 Å². The van der Waals surface area contributed by atoms with Crippen molar-refractivity contribution in [1.29, 1.82) is 0 Å². The van der Waals surface area contributed by atoms with E-state index in [9.17, 15) is 14.3 Å². The second-order valence-electron chi connectivity index (χ2n) is 6.64. The highest BCUT2D eigenvalue weighted by atomic mass is 19.1. The number of amides is 1. The summed E-state index contributed by atoms with van der Waals surface area (Å²) in [7, 11) is 0. The van der Waals surface area contributed by atoms with Crippen LogP contribution in [-0.4, -0.2) is 22.8 Å². The maximum absolute atomic E-state index is 13.2. The van der Waals surface area contributed by atoms with Gasteiger partial charge in [-0.05, 0) is 59.7 Å². The van der Waals surface area contributed by atoms with Crippen LogP contribution in [0, 0.1) is 5.82 Å². The zero-order valence-corrected chi connectivity index (χ0v) is 14.9. The predicted octanol–water partition coefficient (Wildman–Crippen LogP) is 3.04. The van der Waals surface area contributed by atoms with Crippen LogP contribution >= 0.6 is 0 Å². The number of carbonyl (C=O) groups excluding carboxylic acids is 1. The first-order valence-corrected chi connectivity index (χ1v) is 8.98. The minimum absolute atomic E-state index is 0.0469. The summed E-state index contributed by atoms with van der Waals surface area (Å²) in [5.41, 5.74) is 5.82. The molecule has 2 unspecified atom stereocenters. The number of benzene rings is 2. The van der Waals surface area contributed by atoms with Crippen molar-refractivity contribution in [2.75, 3.05) is 6.61 Å². The van der Waals surface area contributed by atoms with Gasteiger partial charge in [0.05, 0.1) is 0 Å². The van der Waals surface area contributed by atoms with E-state index in [1.165, 1.54) is 29.3 Å². The van der Waals surface area contributed by atoms with Crippen LogP contribution in [0.15, 0.2) is 48.5 Å². The number of hydrogen-bond acceptors (Lipinski definition) is 4. The minimum atomic E-state index is -0.568. The molecule has 142 valence electrons. The van der Waals surface area contributed by atoms with Gasteiger partial charge in [-0.1, -0.05) is 30.3 Å². The van der Waals surface area contributed by atoms with E-state index in [1.807, 2.05) is 18.2 Å². The zero-order valence-electron chi connectivity index (χ0n) is 14.9. The first-order chi connectivity index (χ1) is 13.1. The van der Waals surface area contributed by atoms with Crippen LogP contribution in [0.25, 0.3) is 6.08 Å². The molecule has 2 aromatic carbocycles. The van der Waals surface area contributed by atoms with Gasteiger partial charge >= 0.3 is 0 Å². The minimum Gasteiger partial charge on any atom is -0.396 e. The lowest BCUT2D eigenvalue weighted by molar-refractivity contribution is -0.124. The first-order valence-electron chi connectivity index (χ1n) is 8.98. The molecule has 27 heavy (non-hydrogen) atoms. The molecule has 0 saturated heterocycles. The van der Waals surface area contributed by atoms with Crippen molar-refractivity contribution in [3.8, 4) is 0 Å². The van der Waals surface area contributed by atoms with Crippen molar-refractivity contribution >= 4 is 12.0 Å². The molecule has 1 amide bonds. The van der Waals surface area contributed by atoms with Crippen LogP contribution < -0.4 is 10.8 Å². The van der Waals surface area contributed by atoms with Gasteiger partial charge in [-0.2, -0.15) is 0 Å². The summed E-state index contributed by atoms with van der Waals surface area (Å²) in [6.07, 6.45) is 5.32. The SMILES string of the molecule is O=C(C=Cc1ccc2c(c1)CCC2NC(CCO)c1ccc(F)cc1)NO. The molecule has 5 nitrogen and oxygen atoms in total. The van der Waals surface area contributed by atoms with E-state index in [0.29, 0.717) is 6.42 Å². The van der Waals surface area contributed by atoms with E-state index < -0.39 is 5.91 Å². The summed E-state index contributed by atoms with van der Waals surface area (Å²) in [6, 6.07) is 12.5. The maximum Gasteiger partial charge on any atom is 0.267 e. The number of halogens is 1. The van der Waals surface area contributed by atoms with Crippen molar-refractivity contribution in [3.63, 3.8) is 0 Å². The number of fused-ring (bicyclic) bond motifs is 1. The molecule has 0 fully saturated rings. The maximum atomic E-state index is 13.2. The lowest BCUT2D eigenvalue weighted by Crippen LogP contribution is -2.26.